The second kappa shape index (κ2) is 6.09. The highest BCUT2D eigenvalue weighted by Gasteiger charge is 2.00. The van der Waals surface area contributed by atoms with Crippen molar-refractivity contribution >= 4 is 17.9 Å². The van der Waals surface area contributed by atoms with E-state index in [-0.39, 0.29) is 5.38 Å². The maximum Gasteiger partial charge on any atom is 0.121 e. The molecule has 0 aliphatic rings. The molecule has 54 valence electrons. The van der Waals surface area contributed by atoms with Gasteiger partial charge in [-0.2, -0.15) is 0 Å². The highest BCUT2D eigenvalue weighted by molar-refractivity contribution is 6.21. The van der Waals surface area contributed by atoms with Crippen molar-refractivity contribution in [1.82, 2.24) is 0 Å². The summed E-state index contributed by atoms with van der Waals surface area (Å²) in [5, 5.41) is 0.0717. The van der Waals surface area contributed by atoms with Crippen molar-refractivity contribution in [3.8, 4) is 0 Å². The van der Waals surface area contributed by atoms with E-state index in [4.69, 9.17) is 11.6 Å². The van der Waals surface area contributed by atoms with E-state index in [9.17, 15) is 4.79 Å². The fourth-order valence-electron chi connectivity index (χ4n) is 0.648. The van der Waals surface area contributed by atoms with Gasteiger partial charge in [-0.25, -0.2) is 0 Å². The molecule has 9 heavy (non-hydrogen) atoms. The number of halogens is 1. The number of hydrogen-bond acceptors (Lipinski definition) is 1. The lowest BCUT2D eigenvalue weighted by Crippen LogP contribution is -1.97. The van der Waals surface area contributed by atoms with Crippen LogP contribution < -0.4 is 0 Å². The summed E-state index contributed by atoms with van der Waals surface area (Å²) in [6, 6.07) is 0. The van der Waals surface area contributed by atoms with Crippen LogP contribution in [0.15, 0.2) is 0 Å². The van der Waals surface area contributed by atoms with Gasteiger partial charge in [0, 0.05) is 11.8 Å². The van der Waals surface area contributed by atoms with E-state index in [1.165, 1.54) is 0 Å². The van der Waals surface area contributed by atoms with Crippen LogP contribution in [0.5, 0.6) is 0 Å². The van der Waals surface area contributed by atoms with Gasteiger partial charge in [0.25, 0.3) is 0 Å². The van der Waals surface area contributed by atoms with Gasteiger partial charge >= 0.3 is 0 Å². The van der Waals surface area contributed by atoms with Gasteiger partial charge in [0.05, 0.1) is 0 Å². The van der Waals surface area contributed by atoms with Crippen LogP contribution in [0.3, 0.4) is 0 Å². The summed E-state index contributed by atoms with van der Waals surface area (Å²) in [6.45, 7) is 2.12. The standard InChI is InChI=1S/C7H13ClO/c1-2-3-4-7(8)5-6-9/h6-7H,2-5H2,1H3. The fraction of sp³-hybridized carbons (Fsp3) is 0.857. The highest BCUT2D eigenvalue weighted by Crippen LogP contribution is 2.09. The van der Waals surface area contributed by atoms with Gasteiger partial charge in [0.2, 0.25) is 0 Å². The molecule has 0 saturated heterocycles. The van der Waals surface area contributed by atoms with Crippen LogP contribution in [0.4, 0.5) is 0 Å². The molecule has 0 aromatic rings. The average molecular weight is 149 g/mol. The van der Waals surface area contributed by atoms with Crippen molar-refractivity contribution in [3.05, 3.63) is 0 Å². The van der Waals surface area contributed by atoms with Crippen molar-refractivity contribution in [2.45, 2.75) is 38.0 Å². The zero-order valence-corrected chi connectivity index (χ0v) is 6.53. The zero-order chi connectivity index (χ0) is 7.11. The molecule has 0 spiro atoms. The number of aldehydes is 1. The van der Waals surface area contributed by atoms with Gasteiger partial charge in [0.15, 0.2) is 0 Å². The molecular formula is C7H13ClO. The Bertz CT molecular complexity index is 73.3. The second-order valence-corrected chi connectivity index (χ2v) is 2.76. The summed E-state index contributed by atoms with van der Waals surface area (Å²) in [4.78, 5) is 9.89. The lowest BCUT2D eigenvalue weighted by molar-refractivity contribution is -0.107. The lowest BCUT2D eigenvalue weighted by atomic mass is 10.2. The maximum atomic E-state index is 9.89. The minimum absolute atomic E-state index is 0.0717. The molecule has 1 atom stereocenters. The van der Waals surface area contributed by atoms with Crippen molar-refractivity contribution in [3.63, 3.8) is 0 Å². The topological polar surface area (TPSA) is 17.1 Å². The number of alkyl halides is 1. The lowest BCUT2D eigenvalue weighted by Gasteiger charge is -2.01. The number of carbonyl (C=O) groups is 1. The quantitative estimate of drug-likeness (QED) is 0.432. The summed E-state index contributed by atoms with van der Waals surface area (Å²) in [7, 11) is 0. The summed E-state index contributed by atoms with van der Waals surface area (Å²) < 4.78 is 0. The van der Waals surface area contributed by atoms with Gasteiger partial charge in [-0.3, -0.25) is 0 Å². The highest BCUT2D eigenvalue weighted by atomic mass is 35.5. The van der Waals surface area contributed by atoms with Crippen LogP contribution in [0.2, 0.25) is 0 Å². The number of carbonyl (C=O) groups excluding carboxylic acids is 1. The molecule has 0 N–H and O–H groups in total. The van der Waals surface area contributed by atoms with Gasteiger partial charge in [0.1, 0.15) is 6.29 Å². The van der Waals surface area contributed by atoms with Crippen LogP contribution >= 0.6 is 11.6 Å². The van der Waals surface area contributed by atoms with Gasteiger partial charge < -0.3 is 4.79 Å². The Balaban J connectivity index is 3.04. The third-order valence-electron chi connectivity index (χ3n) is 1.22. The molecule has 0 bridgehead atoms. The molecule has 0 saturated carbocycles. The molecule has 1 nitrogen and oxygen atoms in total. The molecule has 0 aromatic heterocycles. The van der Waals surface area contributed by atoms with Crippen LogP contribution in [0.25, 0.3) is 0 Å². The van der Waals surface area contributed by atoms with Crippen molar-refractivity contribution in [2.75, 3.05) is 0 Å². The van der Waals surface area contributed by atoms with Gasteiger partial charge in [-0.15, -0.1) is 11.6 Å². The Morgan fingerprint density at radius 1 is 1.67 bits per heavy atom. The number of hydrogen-bond donors (Lipinski definition) is 0. The molecule has 1 unspecified atom stereocenters. The first-order chi connectivity index (χ1) is 4.31. The SMILES string of the molecule is CCCCC(Cl)CC=O. The average Bonchev–Trinajstić information content (AvgIpc) is 1.85. The monoisotopic (exact) mass is 148 g/mol. The van der Waals surface area contributed by atoms with Crippen molar-refractivity contribution < 1.29 is 4.79 Å². The minimum Gasteiger partial charge on any atom is -0.303 e. The van der Waals surface area contributed by atoms with E-state index in [1.807, 2.05) is 0 Å². The molecule has 0 aliphatic carbocycles. The first-order valence-electron chi connectivity index (χ1n) is 3.39. The predicted octanol–water partition coefficient (Wildman–Crippen LogP) is 2.37. The Hall–Kier alpha value is -0.0400. The van der Waals surface area contributed by atoms with E-state index in [2.05, 4.69) is 6.92 Å². The van der Waals surface area contributed by atoms with Crippen molar-refractivity contribution in [2.24, 2.45) is 0 Å². The summed E-state index contributed by atoms with van der Waals surface area (Å²) in [5.41, 5.74) is 0. The zero-order valence-electron chi connectivity index (χ0n) is 5.77. The minimum atomic E-state index is 0.0717. The predicted molar refractivity (Wildman–Crippen MR) is 39.8 cm³/mol. The molecule has 0 aromatic carbocycles. The van der Waals surface area contributed by atoms with E-state index >= 15 is 0 Å². The molecule has 2 heteroatoms. The molecule has 0 radical (unpaired) electrons. The molecule has 0 rings (SSSR count). The smallest absolute Gasteiger partial charge is 0.121 e. The van der Waals surface area contributed by atoms with Crippen molar-refractivity contribution in [1.29, 1.82) is 0 Å². The molecular weight excluding hydrogens is 136 g/mol. The molecule has 0 heterocycles. The first kappa shape index (κ1) is 8.96. The number of rotatable bonds is 5. The van der Waals surface area contributed by atoms with E-state index < -0.39 is 0 Å². The van der Waals surface area contributed by atoms with E-state index in [0.717, 1.165) is 25.5 Å². The van der Waals surface area contributed by atoms with Gasteiger partial charge in [-0.05, 0) is 6.42 Å². The molecule has 0 aliphatic heterocycles. The third kappa shape index (κ3) is 5.84. The van der Waals surface area contributed by atoms with Gasteiger partial charge in [-0.1, -0.05) is 19.8 Å². The Labute approximate surface area is 61.4 Å². The summed E-state index contributed by atoms with van der Waals surface area (Å²) in [6.07, 6.45) is 4.63. The second-order valence-electron chi connectivity index (χ2n) is 2.14. The van der Waals surface area contributed by atoms with E-state index in [0.29, 0.717) is 6.42 Å². The maximum absolute atomic E-state index is 9.89. The number of unbranched alkanes of at least 4 members (excludes halogenated alkanes) is 1. The van der Waals surface area contributed by atoms with Crippen LogP contribution in [-0.2, 0) is 4.79 Å². The molecule has 0 amide bonds. The summed E-state index contributed by atoms with van der Waals surface area (Å²) >= 11 is 5.73. The third-order valence-corrected chi connectivity index (χ3v) is 1.62. The van der Waals surface area contributed by atoms with E-state index in [1.54, 1.807) is 0 Å². The van der Waals surface area contributed by atoms with Crippen LogP contribution in [-0.4, -0.2) is 11.7 Å². The summed E-state index contributed by atoms with van der Waals surface area (Å²) in [5.74, 6) is 0. The fourth-order valence-corrected chi connectivity index (χ4v) is 0.875. The van der Waals surface area contributed by atoms with Crippen LogP contribution in [0.1, 0.15) is 32.6 Å². The first-order valence-corrected chi connectivity index (χ1v) is 3.82. The van der Waals surface area contributed by atoms with Crippen LogP contribution in [0, 0.1) is 0 Å². The Morgan fingerprint density at radius 2 is 2.33 bits per heavy atom. The largest absolute Gasteiger partial charge is 0.303 e. The Morgan fingerprint density at radius 3 is 2.78 bits per heavy atom. The normalized spacial score (nSPS) is 13.1. The molecule has 0 fully saturated rings. The Kier molecular flexibility index (Phi) is 6.06.